The van der Waals surface area contributed by atoms with Gasteiger partial charge in [-0.15, -0.1) is 0 Å². The van der Waals surface area contributed by atoms with Crippen molar-refractivity contribution in [3.8, 4) is 0 Å². The molecule has 0 spiro atoms. The summed E-state index contributed by atoms with van der Waals surface area (Å²) in [5, 5.41) is 3.31. The molecule has 2 heterocycles. The minimum atomic E-state index is 0.724. The minimum Gasteiger partial charge on any atom is -0.383 e. The SMILES string of the molecule is COCCNCc1nccn1CCCn1ccnc1. The molecule has 2 rings (SSSR count). The maximum absolute atomic E-state index is 5.00. The van der Waals surface area contributed by atoms with Gasteiger partial charge in [-0.3, -0.25) is 0 Å². The van der Waals surface area contributed by atoms with E-state index in [0.717, 1.165) is 45.0 Å². The molecule has 2 aromatic rings. The molecule has 0 saturated carbocycles. The molecule has 0 atom stereocenters. The molecule has 1 N–H and O–H groups in total. The third-order valence-corrected chi connectivity index (χ3v) is 2.94. The Bertz CT molecular complexity index is 451. The maximum atomic E-state index is 5.00. The highest BCUT2D eigenvalue weighted by molar-refractivity contribution is 4.91. The molecule has 0 saturated heterocycles. The smallest absolute Gasteiger partial charge is 0.122 e. The van der Waals surface area contributed by atoms with Gasteiger partial charge >= 0.3 is 0 Å². The molecule has 6 heteroatoms. The van der Waals surface area contributed by atoms with Crippen molar-refractivity contribution in [3.63, 3.8) is 0 Å². The average Bonchev–Trinajstić information content (AvgIpc) is 3.07. The van der Waals surface area contributed by atoms with Gasteiger partial charge in [0.2, 0.25) is 0 Å². The van der Waals surface area contributed by atoms with Crippen molar-refractivity contribution in [1.29, 1.82) is 0 Å². The molecule has 0 unspecified atom stereocenters. The number of imidazole rings is 2. The van der Waals surface area contributed by atoms with Crippen LogP contribution in [0.2, 0.25) is 0 Å². The van der Waals surface area contributed by atoms with Gasteiger partial charge < -0.3 is 19.2 Å². The van der Waals surface area contributed by atoms with Gasteiger partial charge in [-0.25, -0.2) is 9.97 Å². The standard InChI is InChI=1S/C13H21N5O/c1-19-10-5-14-11-13-16-4-9-18(13)7-2-6-17-8-3-15-12-17/h3-4,8-9,12,14H,2,5-7,10-11H2,1H3. The van der Waals surface area contributed by atoms with Crippen LogP contribution in [0.4, 0.5) is 0 Å². The van der Waals surface area contributed by atoms with E-state index < -0.39 is 0 Å². The lowest BCUT2D eigenvalue weighted by Crippen LogP contribution is -2.21. The lowest BCUT2D eigenvalue weighted by atomic mass is 10.4. The first kappa shape index (κ1) is 13.8. The predicted molar refractivity (Wildman–Crippen MR) is 72.7 cm³/mol. The van der Waals surface area contributed by atoms with E-state index in [4.69, 9.17) is 4.74 Å². The van der Waals surface area contributed by atoms with E-state index in [-0.39, 0.29) is 0 Å². The quantitative estimate of drug-likeness (QED) is 0.683. The molecule has 2 aromatic heterocycles. The van der Waals surface area contributed by atoms with Crippen LogP contribution in [0.3, 0.4) is 0 Å². The van der Waals surface area contributed by atoms with Crippen molar-refractivity contribution in [2.45, 2.75) is 26.1 Å². The van der Waals surface area contributed by atoms with Crippen molar-refractivity contribution in [3.05, 3.63) is 36.9 Å². The lowest BCUT2D eigenvalue weighted by Gasteiger charge is -2.09. The lowest BCUT2D eigenvalue weighted by molar-refractivity contribution is 0.199. The number of ether oxygens (including phenoxy) is 1. The Morgan fingerprint density at radius 3 is 3.00 bits per heavy atom. The summed E-state index contributed by atoms with van der Waals surface area (Å²) in [4.78, 5) is 8.41. The number of methoxy groups -OCH3 is 1. The third-order valence-electron chi connectivity index (χ3n) is 2.94. The number of hydrogen-bond acceptors (Lipinski definition) is 4. The van der Waals surface area contributed by atoms with Crippen LogP contribution in [-0.2, 0) is 24.4 Å². The summed E-state index contributed by atoms with van der Waals surface area (Å²) in [7, 11) is 1.71. The highest BCUT2D eigenvalue weighted by Gasteiger charge is 2.02. The largest absolute Gasteiger partial charge is 0.383 e. The molecule has 19 heavy (non-hydrogen) atoms. The Labute approximate surface area is 113 Å². The number of aryl methyl sites for hydroxylation is 2. The molecule has 0 fully saturated rings. The molecular formula is C13H21N5O. The van der Waals surface area contributed by atoms with Gasteiger partial charge in [-0.05, 0) is 6.42 Å². The zero-order chi connectivity index (χ0) is 13.3. The van der Waals surface area contributed by atoms with E-state index in [2.05, 4.69) is 24.4 Å². The van der Waals surface area contributed by atoms with Crippen LogP contribution in [0, 0.1) is 0 Å². The second kappa shape index (κ2) is 7.70. The molecule has 0 radical (unpaired) electrons. The maximum Gasteiger partial charge on any atom is 0.122 e. The van der Waals surface area contributed by atoms with Crippen molar-refractivity contribution >= 4 is 0 Å². The summed E-state index contributed by atoms with van der Waals surface area (Å²) in [5.41, 5.74) is 0. The van der Waals surface area contributed by atoms with Gasteiger partial charge in [-0.2, -0.15) is 0 Å². The monoisotopic (exact) mass is 263 g/mol. The summed E-state index contributed by atoms with van der Waals surface area (Å²) in [6.45, 7) is 4.30. The van der Waals surface area contributed by atoms with Crippen LogP contribution in [0.25, 0.3) is 0 Å². The van der Waals surface area contributed by atoms with Crippen LogP contribution < -0.4 is 5.32 Å². The molecule has 0 aromatic carbocycles. The molecule has 0 amide bonds. The van der Waals surface area contributed by atoms with Crippen LogP contribution in [-0.4, -0.2) is 39.4 Å². The predicted octanol–water partition coefficient (Wildman–Crippen LogP) is 0.906. The summed E-state index contributed by atoms with van der Waals surface area (Å²) >= 11 is 0. The number of nitrogens with one attached hydrogen (secondary N) is 1. The topological polar surface area (TPSA) is 56.9 Å². The fraction of sp³-hybridized carbons (Fsp3) is 0.538. The summed E-state index contributed by atoms with van der Waals surface area (Å²) < 4.78 is 9.28. The Hall–Kier alpha value is -1.66. The van der Waals surface area contributed by atoms with Crippen molar-refractivity contribution in [2.24, 2.45) is 0 Å². The van der Waals surface area contributed by atoms with Gasteiger partial charge in [0, 0.05) is 51.5 Å². The van der Waals surface area contributed by atoms with Gasteiger partial charge in [0.15, 0.2) is 0 Å². The van der Waals surface area contributed by atoms with Crippen molar-refractivity contribution in [2.75, 3.05) is 20.3 Å². The molecule has 0 aliphatic carbocycles. The first-order chi connectivity index (χ1) is 9.40. The fourth-order valence-electron chi connectivity index (χ4n) is 1.93. The van der Waals surface area contributed by atoms with Crippen LogP contribution in [0.15, 0.2) is 31.1 Å². The van der Waals surface area contributed by atoms with E-state index in [1.165, 1.54) is 0 Å². The number of rotatable bonds is 9. The second-order valence-electron chi connectivity index (χ2n) is 4.36. The number of nitrogens with zero attached hydrogens (tertiary/aromatic N) is 4. The highest BCUT2D eigenvalue weighted by atomic mass is 16.5. The summed E-state index contributed by atoms with van der Waals surface area (Å²) in [5.74, 6) is 1.07. The Kier molecular flexibility index (Phi) is 5.58. The first-order valence-electron chi connectivity index (χ1n) is 6.55. The molecule has 104 valence electrons. The molecular weight excluding hydrogens is 242 g/mol. The molecule has 0 aliphatic heterocycles. The van der Waals surface area contributed by atoms with Crippen molar-refractivity contribution < 1.29 is 4.74 Å². The molecule has 0 aliphatic rings. The van der Waals surface area contributed by atoms with E-state index in [9.17, 15) is 0 Å². The van der Waals surface area contributed by atoms with Crippen LogP contribution >= 0.6 is 0 Å². The average molecular weight is 263 g/mol. The first-order valence-corrected chi connectivity index (χ1v) is 6.55. The number of hydrogen-bond donors (Lipinski definition) is 1. The van der Waals surface area contributed by atoms with E-state index in [0.29, 0.717) is 0 Å². The molecule has 0 bridgehead atoms. The normalized spacial score (nSPS) is 11.0. The number of aromatic nitrogens is 4. The highest BCUT2D eigenvalue weighted by Crippen LogP contribution is 2.01. The van der Waals surface area contributed by atoms with Crippen LogP contribution in [0.1, 0.15) is 12.2 Å². The van der Waals surface area contributed by atoms with Gasteiger partial charge in [0.1, 0.15) is 5.82 Å². The second-order valence-corrected chi connectivity index (χ2v) is 4.36. The Morgan fingerprint density at radius 2 is 2.21 bits per heavy atom. The van der Waals surface area contributed by atoms with Crippen LogP contribution in [0.5, 0.6) is 0 Å². The van der Waals surface area contributed by atoms with E-state index in [1.54, 1.807) is 7.11 Å². The Balaban J connectivity index is 1.72. The van der Waals surface area contributed by atoms with Gasteiger partial charge in [-0.1, -0.05) is 0 Å². The zero-order valence-electron chi connectivity index (χ0n) is 11.3. The van der Waals surface area contributed by atoms with Crippen molar-refractivity contribution in [1.82, 2.24) is 24.4 Å². The Morgan fingerprint density at radius 1 is 1.26 bits per heavy atom. The fourth-order valence-corrected chi connectivity index (χ4v) is 1.93. The van der Waals surface area contributed by atoms with Gasteiger partial charge in [0.05, 0.1) is 19.5 Å². The zero-order valence-corrected chi connectivity index (χ0v) is 11.3. The van der Waals surface area contributed by atoms with Gasteiger partial charge in [0.25, 0.3) is 0 Å². The van der Waals surface area contributed by atoms with E-state index >= 15 is 0 Å². The summed E-state index contributed by atoms with van der Waals surface area (Å²) in [6, 6.07) is 0. The summed E-state index contributed by atoms with van der Waals surface area (Å²) in [6.07, 6.45) is 10.6. The third kappa shape index (κ3) is 4.50. The molecule has 6 nitrogen and oxygen atoms in total. The van der Waals surface area contributed by atoms with E-state index in [1.807, 2.05) is 31.1 Å². The minimum absolute atomic E-state index is 0.724.